The minimum absolute atomic E-state index is 0.00891. The molecule has 0 aliphatic carbocycles. The van der Waals surface area contributed by atoms with Crippen LogP contribution in [0.3, 0.4) is 0 Å². The van der Waals surface area contributed by atoms with Crippen molar-refractivity contribution < 1.29 is 4.92 Å². The van der Waals surface area contributed by atoms with Gasteiger partial charge in [-0.05, 0) is 33.6 Å². The van der Waals surface area contributed by atoms with Crippen LogP contribution in [0.4, 0.5) is 5.69 Å². The number of aromatic nitrogens is 1. The van der Waals surface area contributed by atoms with E-state index in [1.165, 1.54) is 6.07 Å². The van der Waals surface area contributed by atoms with Gasteiger partial charge in [-0.1, -0.05) is 36.4 Å². The van der Waals surface area contributed by atoms with Crippen LogP contribution in [0, 0.1) is 10.1 Å². The maximum atomic E-state index is 10.9. The van der Waals surface area contributed by atoms with Crippen molar-refractivity contribution in [3.05, 3.63) is 68.4 Å². The molecule has 1 aromatic heterocycles. The van der Waals surface area contributed by atoms with E-state index in [0.717, 1.165) is 5.56 Å². The molecular formula is C13H9BrN2O2. The number of rotatable bonds is 3. The number of pyridine rings is 1. The third kappa shape index (κ3) is 3.01. The molecule has 0 fully saturated rings. The Labute approximate surface area is 112 Å². The van der Waals surface area contributed by atoms with Crippen LogP contribution in [0.5, 0.6) is 0 Å². The summed E-state index contributed by atoms with van der Waals surface area (Å²) >= 11 is 3.20. The monoisotopic (exact) mass is 304 g/mol. The third-order valence-electron chi connectivity index (χ3n) is 2.30. The second-order valence-electron chi connectivity index (χ2n) is 3.54. The lowest BCUT2D eigenvalue weighted by molar-refractivity contribution is -0.385. The third-order valence-corrected chi connectivity index (χ3v) is 2.74. The van der Waals surface area contributed by atoms with Gasteiger partial charge in [0, 0.05) is 6.07 Å². The number of hydrogen-bond acceptors (Lipinski definition) is 3. The Balaban J connectivity index is 2.36. The van der Waals surface area contributed by atoms with E-state index in [0.29, 0.717) is 10.3 Å². The number of nitro groups is 1. The molecule has 0 saturated heterocycles. The van der Waals surface area contributed by atoms with Crippen LogP contribution in [-0.2, 0) is 0 Å². The zero-order chi connectivity index (χ0) is 13.0. The van der Waals surface area contributed by atoms with E-state index in [2.05, 4.69) is 20.9 Å². The first kappa shape index (κ1) is 12.4. The fraction of sp³-hybridized carbons (Fsp3) is 0. The van der Waals surface area contributed by atoms with E-state index in [4.69, 9.17) is 0 Å². The van der Waals surface area contributed by atoms with Gasteiger partial charge in [0.2, 0.25) is 0 Å². The lowest BCUT2D eigenvalue weighted by Gasteiger charge is -1.97. The highest BCUT2D eigenvalue weighted by atomic mass is 79.9. The minimum atomic E-state index is -0.440. The van der Waals surface area contributed by atoms with E-state index in [-0.39, 0.29) is 5.69 Å². The van der Waals surface area contributed by atoms with Gasteiger partial charge in [-0.3, -0.25) is 10.1 Å². The first-order valence-electron chi connectivity index (χ1n) is 5.21. The fourth-order valence-electron chi connectivity index (χ4n) is 1.46. The maximum Gasteiger partial charge on any atom is 0.294 e. The molecule has 0 saturated carbocycles. The summed E-state index contributed by atoms with van der Waals surface area (Å²) in [4.78, 5) is 14.5. The van der Waals surface area contributed by atoms with E-state index >= 15 is 0 Å². The summed E-state index contributed by atoms with van der Waals surface area (Å²) in [6, 6.07) is 12.5. The van der Waals surface area contributed by atoms with Gasteiger partial charge in [-0.25, -0.2) is 4.98 Å². The molecule has 0 atom stereocenters. The zero-order valence-corrected chi connectivity index (χ0v) is 10.9. The first-order valence-corrected chi connectivity index (χ1v) is 6.00. The summed E-state index contributed by atoms with van der Waals surface area (Å²) in [6.07, 6.45) is 3.43. The second kappa shape index (κ2) is 5.55. The predicted octanol–water partition coefficient (Wildman–Crippen LogP) is 3.92. The average molecular weight is 305 g/mol. The quantitative estimate of drug-likeness (QED) is 0.490. The van der Waals surface area contributed by atoms with Gasteiger partial charge in [0.05, 0.1) is 4.92 Å². The zero-order valence-electron chi connectivity index (χ0n) is 9.29. The molecular weight excluding hydrogens is 296 g/mol. The Morgan fingerprint density at radius 2 is 1.83 bits per heavy atom. The van der Waals surface area contributed by atoms with E-state index < -0.39 is 4.92 Å². The Hall–Kier alpha value is -2.01. The van der Waals surface area contributed by atoms with Crippen LogP contribution in [-0.4, -0.2) is 9.91 Å². The van der Waals surface area contributed by atoms with Gasteiger partial charge >= 0.3 is 0 Å². The second-order valence-corrected chi connectivity index (χ2v) is 4.35. The Morgan fingerprint density at radius 3 is 2.50 bits per heavy atom. The molecule has 0 unspecified atom stereocenters. The average Bonchev–Trinajstić information content (AvgIpc) is 2.37. The summed E-state index contributed by atoms with van der Waals surface area (Å²) in [5.41, 5.74) is 1.29. The highest BCUT2D eigenvalue weighted by molar-refractivity contribution is 9.10. The highest BCUT2D eigenvalue weighted by Crippen LogP contribution is 2.21. The van der Waals surface area contributed by atoms with Crippen LogP contribution in [0.25, 0.3) is 12.2 Å². The summed E-state index contributed by atoms with van der Waals surface area (Å²) in [7, 11) is 0. The van der Waals surface area contributed by atoms with Crippen molar-refractivity contribution in [3.8, 4) is 0 Å². The molecule has 0 amide bonds. The topological polar surface area (TPSA) is 56.0 Å². The molecule has 0 N–H and O–H groups in total. The van der Waals surface area contributed by atoms with Crippen LogP contribution < -0.4 is 0 Å². The molecule has 0 bridgehead atoms. The molecule has 1 heterocycles. The number of halogens is 1. The van der Waals surface area contributed by atoms with Crippen molar-refractivity contribution in [1.29, 1.82) is 0 Å². The smallest absolute Gasteiger partial charge is 0.258 e. The lowest BCUT2D eigenvalue weighted by atomic mass is 10.2. The van der Waals surface area contributed by atoms with E-state index in [1.54, 1.807) is 18.2 Å². The van der Waals surface area contributed by atoms with Crippen molar-refractivity contribution >= 4 is 33.8 Å². The Kier molecular flexibility index (Phi) is 3.84. The van der Waals surface area contributed by atoms with Gasteiger partial charge in [0.25, 0.3) is 5.69 Å². The predicted molar refractivity (Wildman–Crippen MR) is 74.0 cm³/mol. The van der Waals surface area contributed by atoms with Crippen LogP contribution in [0.2, 0.25) is 0 Å². The molecule has 4 nitrogen and oxygen atoms in total. The summed E-state index contributed by atoms with van der Waals surface area (Å²) in [5.74, 6) is 0. The minimum Gasteiger partial charge on any atom is -0.258 e. The molecule has 2 aromatic rings. The highest BCUT2D eigenvalue weighted by Gasteiger charge is 2.12. The Morgan fingerprint density at radius 1 is 1.11 bits per heavy atom. The van der Waals surface area contributed by atoms with Crippen molar-refractivity contribution in [1.82, 2.24) is 4.98 Å². The van der Waals surface area contributed by atoms with Crippen LogP contribution in [0.1, 0.15) is 11.3 Å². The molecule has 90 valence electrons. The molecule has 0 aliphatic heterocycles. The fourth-order valence-corrected chi connectivity index (χ4v) is 1.78. The van der Waals surface area contributed by atoms with Gasteiger partial charge < -0.3 is 0 Å². The Bertz CT molecular complexity index is 597. The number of benzene rings is 1. The molecule has 1 aromatic carbocycles. The van der Waals surface area contributed by atoms with Crippen LogP contribution >= 0.6 is 15.9 Å². The standard InChI is InChI=1S/C13H9BrN2O2/c14-13-9-8-12(16(17)18)11(15-13)7-6-10-4-2-1-3-5-10/h1-9H. The van der Waals surface area contributed by atoms with Crippen molar-refractivity contribution in [2.24, 2.45) is 0 Å². The number of hydrogen-bond donors (Lipinski definition) is 0. The molecule has 0 spiro atoms. The summed E-state index contributed by atoms with van der Waals surface area (Å²) in [5, 5.41) is 10.9. The number of nitrogens with zero attached hydrogens (tertiary/aromatic N) is 2. The molecule has 2 rings (SSSR count). The SMILES string of the molecule is O=[N+]([O-])c1ccc(Br)nc1C=Cc1ccccc1. The molecule has 0 radical (unpaired) electrons. The van der Waals surface area contributed by atoms with E-state index in [9.17, 15) is 10.1 Å². The van der Waals surface area contributed by atoms with Gasteiger partial charge in [-0.2, -0.15) is 0 Å². The molecule has 5 heteroatoms. The van der Waals surface area contributed by atoms with Gasteiger partial charge in [0.1, 0.15) is 10.3 Å². The van der Waals surface area contributed by atoms with Crippen LogP contribution in [0.15, 0.2) is 47.1 Å². The normalized spacial score (nSPS) is 10.7. The van der Waals surface area contributed by atoms with Gasteiger partial charge in [0.15, 0.2) is 0 Å². The van der Waals surface area contributed by atoms with Crippen molar-refractivity contribution in [3.63, 3.8) is 0 Å². The molecule has 18 heavy (non-hydrogen) atoms. The van der Waals surface area contributed by atoms with Gasteiger partial charge in [-0.15, -0.1) is 0 Å². The summed E-state index contributed by atoms with van der Waals surface area (Å²) < 4.78 is 0.570. The lowest BCUT2D eigenvalue weighted by Crippen LogP contribution is -1.94. The largest absolute Gasteiger partial charge is 0.294 e. The first-order chi connectivity index (χ1) is 8.66. The molecule has 0 aliphatic rings. The van der Waals surface area contributed by atoms with Crippen molar-refractivity contribution in [2.75, 3.05) is 0 Å². The van der Waals surface area contributed by atoms with Crippen molar-refractivity contribution in [2.45, 2.75) is 0 Å². The summed E-state index contributed by atoms with van der Waals surface area (Å²) in [6.45, 7) is 0. The van der Waals surface area contributed by atoms with E-state index in [1.807, 2.05) is 30.3 Å². The maximum absolute atomic E-state index is 10.9.